The SMILES string of the molecule is N#Cc1ccc(-n2c3ccccc3c3cc(-c4nc(-c5ccccc5)nc(-c5ccccc5)n4)ccc32)c(-c2cc(-c3ccc(C#N)cc3C(F)(F)F)ccc2-n2c3ccccc3c3cc(-c4nc(-c5ccccc5)nc(-c5ccccc5)n4)ccc32)c1. The Labute approximate surface area is 501 Å². The first kappa shape index (κ1) is 52.6. The Balaban J connectivity index is 0.963. The lowest BCUT2D eigenvalue weighted by Crippen LogP contribution is -2.08. The van der Waals surface area contributed by atoms with E-state index in [1.54, 1.807) is 24.3 Å². The Hall–Kier alpha value is -12.2. The van der Waals surface area contributed by atoms with Gasteiger partial charge in [0, 0.05) is 66.1 Å². The molecule has 0 bridgehead atoms. The molecule has 10 nitrogen and oxygen atoms in total. The molecule has 0 saturated heterocycles. The average molecular weight is 1140 g/mol. The minimum Gasteiger partial charge on any atom is -0.309 e. The first-order chi connectivity index (χ1) is 43.1. The van der Waals surface area contributed by atoms with E-state index in [1.807, 2.05) is 206 Å². The van der Waals surface area contributed by atoms with Gasteiger partial charge in [0.25, 0.3) is 0 Å². The molecule has 15 aromatic rings. The van der Waals surface area contributed by atoms with Crippen molar-refractivity contribution in [1.82, 2.24) is 39.0 Å². The molecule has 0 spiro atoms. The van der Waals surface area contributed by atoms with Crippen molar-refractivity contribution in [2.24, 2.45) is 0 Å². The number of alkyl halides is 3. The Morgan fingerprint density at radius 2 is 0.625 bits per heavy atom. The number of para-hydroxylation sites is 2. The monoisotopic (exact) mass is 1140 g/mol. The highest BCUT2D eigenvalue weighted by Gasteiger charge is 2.35. The van der Waals surface area contributed by atoms with Crippen LogP contribution < -0.4 is 0 Å². The zero-order valence-corrected chi connectivity index (χ0v) is 46.4. The van der Waals surface area contributed by atoms with Crippen molar-refractivity contribution in [1.29, 1.82) is 10.5 Å². The van der Waals surface area contributed by atoms with Gasteiger partial charge in [-0.05, 0) is 102 Å². The Bertz CT molecular complexity index is 5220. The van der Waals surface area contributed by atoms with Crippen LogP contribution in [0.3, 0.4) is 0 Å². The van der Waals surface area contributed by atoms with Crippen LogP contribution in [0.1, 0.15) is 16.7 Å². The normalized spacial score (nSPS) is 11.6. The Morgan fingerprint density at radius 3 is 1.05 bits per heavy atom. The molecule has 0 radical (unpaired) electrons. The van der Waals surface area contributed by atoms with Crippen LogP contribution >= 0.6 is 0 Å². The van der Waals surface area contributed by atoms with E-state index < -0.39 is 11.7 Å². The number of hydrogen-bond donors (Lipinski definition) is 0. The van der Waals surface area contributed by atoms with Gasteiger partial charge in [-0.1, -0.05) is 170 Å². The van der Waals surface area contributed by atoms with E-state index >= 15 is 13.2 Å². The highest BCUT2D eigenvalue weighted by atomic mass is 19.4. The van der Waals surface area contributed by atoms with E-state index in [-0.39, 0.29) is 16.7 Å². The van der Waals surface area contributed by atoms with Crippen LogP contribution in [0.25, 0.3) is 146 Å². The van der Waals surface area contributed by atoms with Crippen LogP contribution in [0.2, 0.25) is 0 Å². The second-order valence-electron chi connectivity index (χ2n) is 21.2. The summed E-state index contributed by atoms with van der Waals surface area (Å²) in [5, 5.41) is 24.2. The molecule has 4 heterocycles. The molecular weight excluding hydrogens is 1100 g/mol. The van der Waals surface area contributed by atoms with Gasteiger partial charge in [0.15, 0.2) is 34.9 Å². The topological polar surface area (TPSA) is 135 Å². The van der Waals surface area contributed by atoms with E-state index in [4.69, 9.17) is 29.9 Å². The third-order valence-electron chi connectivity index (χ3n) is 15.9. The molecule has 0 aliphatic rings. The van der Waals surface area contributed by atoms with Crippen LogP contribution in [0.4, 0.5) is 13.2 Å². The number of halogens is 3. The van der Waals surface area contributed by atoms with Crippen molar-refractivity contribution in [3.63, 3.8) is 0 Å². The number of benzene rings is 11. The predicted molar refractivity (Wildman–Crippen MR) is 340 cm³/mol. The number of nitriles is 2. The molecule has 88 heavy (non-hydrogen) atoms. The van der Waals surface area contributed by atoms with Crippen molar-refractivity contribution in [3.05, 3.63) is 278 Å². The van der Waals surface area contributed by atoms with E-state index in [2.05, 4.69) is 33.4 Å². The van der Waals surface area contributed by atoms with E-state index in [0.717, 1.165) is 83.1 Å². The maximum absolute atomic E-state index is 15.3. The van der Waals surface area contributed by atoms with Gasteiger partial charge >= 0.3 is 6.18 Å². The molecular formula is C75H43F3N10. The van der Waals surface area contributed by atoms with Crippen molar-refractivity contribution in [2.75, 3.05) is 0 Å². The summed E-state index contributed by atoms with van der Waals surface area (Å²) in [5.74, 6) is 3.04. The van der Waals surface area contributed by atoms with E-state index in [9.17, 15) is 10.5 Å². The second kappa shape index (κ2) is 21.5. The standard InChI is InChI=1S/C75H43F3N10/c76-75(77,78)62-40-47(45-80)29-34-55(62)52-31-36-68(88-64-28-16-14-26-57(64)60-43-54(33-38-67(60)88)74-85-71(50-21-9-3-10-22-50)82-72(86-74)51-23-11-4-12-24-51)61(41-52)58-39-46(44-79)30-35-65(58)87-63-27-15-13-25-56(63)59-42-53(32-37-66(59)87)73-83-69(48-17-5-1-6-18-48)81-70(84-73)49-19-7-2-8-20-49/h1-43H. The van der Waals surface area contributed by atoms with Gasteiger partial charge in [-0.15, -0.1) is 0 Å². The summed E-state index contributed by atoms with van der Waals surface area (Å²) >= 11 is 0. The summed E-state index contributed by atoms with van der Waals surface area (Å²) < 4.78 is 50.2. The summed E-state index contributed by atoms with van der Waals surface area (Å²) in [5.41, 5.74) is 9.88. The lowest BCUT2D eigenvalue weighted by atomic mass is 9.92. The molecule has 0 aliphatic carbocycles. The average Bonchev–Trinajstić information content (AvgIpc) is 1.67. The number of rotatable bonds is 10. The molecule has 0 N–H and O–H groups in total. The number of nitrogens with zero attached hydrogens (tertiary/aromatic N) is 10. The van der Waals surface area contributed by atoms with Gasteiger partial charge in [-0.25, -0.2) is 29.9 Å². The summed E-state index contributed by atoms with van der Waals surface area (Å²) in [6.45, 7) is 0. The number of hydrogen-bond acceptors (Lipinski definition) is 8. The Morgan fingerprint density at radius 1 is 0.284 bits per heavy atom. The van der Waals surface area contributed by atoms with Gasteiger partial charge in [0.2, 0.25) is 0 Å². The maximum atomic E-state index is 15.3. The first-order valence-electron chi connectivity index (χ1n) is 28.3. The number of fused-ring (bicyclic) bond motifs is 6. The molecule has 15 rings (SSSR count). The third kappa shape index (κ3) is 9.33. The predicted octanol–water partition coefficient (Wildman–Crippen LogP) is 18.3. The van der Waals surface area contributed by atoms with Crippen molar-refractivity contribution in [2.45, 2.75) is 6.18 Å². The van der Waals surface area contributed by atoms with Crippen LogP contribution in [0.5, 0.6) is 0 Å². The maximum Gasteiger partial charge on any atom is 0.417 e. The van der Waals surface area contributed by atoms with Gasteiger partial charge < -0.3 is 9.13 Å². The van der Waals surface area contributed by atoms with Crippen LogP contribution in [0.15, 0.2) is 261 Å². The molecule has 13 heteroatoms. The van der Waals surface area contributed by atoms with E-state index in [1.165, 1.54) is 12.1 Å². The van der Waals surface area contributed by atoms with Crippen LogP contribution in [-0.2, 0) is 6.18 Å². The highest BCUT2D eigenvalue weighted by molar-refractivity contribution is 6.13. The summed E-state index contributed by atoms with van der Waals surface area (Å²) in [4.78, 5) is 30.1. The number of aromatic nitrogens is 8. The van der Waals surface area contributed by atoms with Gasteiger partial charge in [-0.3, -0.25) is 0 Å². The fourth-order valence-corrected chi connectivity index (χ4v) is 11.8. The molecule has 414 valence electrons. The fourth-order valence-electron chi connectivity index (χ4n) is 11.8. The third-order valence-corrected chi connectivity index (χ3v) is 15.9. The Kier molecular flexibility index (Phi) is 12.8. The van der Waals surface area contributed by atoms with Crippen molar-refractivity contribution < 1.29 is 13.2 Å². The summed E-state index contributed by atoms with van der Waals surface area (Å²) in [7, 11) is 0. The molecule has 0 aliphatic heterocycles. The highest BCUT2D eigenvalue weighted by Crippen LogP contribution is 2.46. The minimum atomic E-state index is -4.81. The minimum absolute atomic E-state index is 0.111. The van der Waals surface area contributed by atoms with E-state index in [0.29, 0.717) is 63.0 Å². The zero-order valence-electron chi connectivity index (χ0n) is 46.4. The molecule has 4 aromatic heterocycles. The largest absolute Gasteiger partial charge is 0.417 e. The lowest BCUT2D eigenvalue weighted by molar-refractivity contribution is -0.137. The lowest BCUT2D eigenvalue weighted by Gasteiger charge is -2.21. The van der Waals surface area contributed by atoms with Gasteiger partial charge in [0.05, 0.1) is 62.3 Å². The molecule has 0 unspecified atom stereocenters. The summed E-state index contributed by atoms with van der Waals surface area (Å²) in [6, 6.07) is 86.0. The van der Waals surface area contributed by atoms with Gasteiger partial charge in [0.1, 0.15) is 0 Å². The van der Waals surface area contributed by atoms with Crippen LogP contribution in [-0.4, -0.2) is 39.0 Å². The molecule has 0 saturated carbocycles. The molecule has 0 fully saturated rings. The van der Waals surface area contributed by atoms with Crippen LogP contribution in [0, 0.1) is 22.7 Å². The van der Waals surface area contributed by atoms with Gasteiger partial charge in [-0.2, -0.15) is 23.7 Å². The quantitative estimate of drug-likeness (QED) is 0.132. The van der Waals surface area contributed by atoms with Crippen molar-refractivity contribution >= 4 is 43.6 Å². The zero-order chi connectivity index (χ0) is 59.5. The second-order valence-corrected chi connectivity index (χ2v) is 21.2. The van der Waals surface area contributed by atoms with Crippen molar-refractivity contribution in [3.8, 4) is 114 Å². The smallest absolute Gasteiger partial charge is 0.309 e. The molecule has 0 amide bonds. The fraction of sp³-hybridized carbons (Fsp3) is 0.0133. The summed E-state index contributed by atoms with van der Waals surface area (Å²) in [6.07, 6.45) is -4.81. The molecule has 11 aromatic carbocycles. The molecule has 0 atom stereocenters. The first-order valence-corrected chi connectivity index (χ1v) is 28.3.